The van der Waals surface area contributed by atoms with E-state index in [-0.39, 0.29) is 12.2 Å². The molecule has 0 aliphatic rings. The normalized spacial score (nSPS) is 12.6. The number of amides is 1. The average molecular weight is 405 g/mol. The van der Waals surface area contributed by atoms with Gasteiger partial charge in [-0.05, 0) is 42.3 Å². The molecule has 154 valence electrons. The van der Waals surface area contributed by atoms with Crippen molar-refractivity contribution in [2.45, 2.75) is 19.4 Å². The molecular weight excluding hydrogens is 382 g/mol. The van der Waals surface area contributed by atoms with Crippen LogP contribution in [0.1, 0.15) is 23.7 Å². The van der Waals surface area contributed by atoms with E-state index in [1.165, 1.54) is 12.4 Å². The van der Waals surface area contributed by atoms with Crippen molar-refractivity contribution in [2.75, 3.05) is 0 Å². The average Bonchev–Trinajstić information content (AvgIpc) is 2.78. The maximum Gasteiger partial charge on any atom is 0.249 e. The van der Waals surface area contributed by atoms with E-state index in [4.69, 9.17) is 9.94 Å². The minimum Gasteiger partial charge on any atom is -0.457 e. The summed E-state index contributed by atoms with van der Waals surface area (Å²) in [6.07, 6.45) is -1.26. The zero-order chi connectivity index (χ0) is 21.5. The number of hydroxylamine groups is 1. The summed E-state index contributed by atoms with van der Waals surface area (Å²) in [6.45, 7) is 1.40. The minimum absolute atomic E-state index is 0.199. The molecule has 0 aliphatic carbocycles. The van der Waals surface area contributed by atoms with Crippen molar-refractivity contribution in [3.05, 3.63) is 84.4 Å². The lowest BCUT2D eigenvalue weighted by Gasteiger charge is -2.16. The lowest BCUT2D eigenvalue weighted by atomic mass is 9.93. The van der Waals surface area contributed by atoms with E-state index in [2.05, 4.69) is 0 Å². The topological polar surface area (TPSA) is 95.9 Å². The Morgan fingerprint density at radius 1 is 0.867 bits per heavy atom. The summed E-state index contributed by atoms with van der Waals surface area (Å²) >= 11 is 0. The van der Waals surface area contributed by atoms with Crippen LogP contribution in [0.25, 0.3) is 11.1 Å². The molecule has 0 saturated carbocycles. The molecule has 6 heteroatoms. The summed E-state index contributed by atoms with van der Waals surface area (Å²) in [5, 5.41) is 18.5. The van der Waals surface area contributed by atoms with E-state index < -0.39 is 17.9 Å². The first kappa shape index (κ1) is 21.2. The number of para-hydroxylation sites is 1. The molecule has 0 bridgehead atoms. The molecule has 3 aromatic carbocycles. The minimum atomic E-state index is -1.06. The molecule has 0 aromatic heterocycles. The van der Waals surface area contributed by atoms with E-state index in [0.717, 1.165) is 22.6 Å². The Kier molecular flexibility index (Phi) is 6.95. The molecule has 30 heavy (non-hydrogen) atoms. The van der Waals surface area contributed by atoms with Crippen molar-refractivity contribution >= 4 is 11.7 Å². The predicted molar refractivity (Wildman–Crippen MR) is 112 cm³/mol. The highest BCUT2D eigenvalue weighted by molar-refractivity contribution is 5.99. The van der Waals surface area contributed by atoms with Crippen LogP contribution in [0.2, 0.25) is 0 Å². The molecule has 0 saturated heterocycles. The third-order valence-corrected chi connectivity index (χ3v) is 4.81. The van der Waals surface area contributed by atoms with Gasteiger partial charge in [0.1, 0.15) is 11.5 Å². The fourth-order valence-corrected chi connectivity index (χ4v) is 3.07. The maximum absolute atomic E-state index is 12.5. The van der Waals surface area contributed by atoms with Gasteiger partial charge in [-0.25, -0.2) is 5.48 Å². The highest BCUT2D eigenvalue weighted by Crippen LogP contribution is 2.26. The molecule has 0 spiro atoms. The van der Waals surface area contributed by atoms with Gasteiger partial charge in [0.2, 0.25) is 5.91 Å². The molecule has 6 nitrogen and oxygen atoms in total. The van der Waals surface area contributed by atoms with E-state index in [0.29, 0.717) is 5.56 Å². The van der Waals surface area contributed by atoms with Crippen LogP contribution in [0, 0.1) is 5.92 Å². The largest absolute Gasteiger partial charge is 0.457 e. The first-order chi connectivity index (χ1) is 14.5. The molecule has 3 aromatic rings. The van der Waals surface area contributed by atoms with Crippen molar-refractivity contribution in [1.29, 1.82) is 0 Å². The number of ketones is 1. The van der Waals surface area contributed by atoms with Crippen molar-refractivity contribution < 1.29 is 24.6 Å². The lowest BCUT2D eigenvalue weighted by Crippen LogP contribution is -2.36. The first-order valence-electron chi connectivity index (χ1n) is 9.56. The second-order valence-electron chi connectivity index (χ2n) is 6.97. The van der Waals surface area contributed by atoms with Gasteiger partial charge in [-0.1, -0.05) is 54.6 Å². The van der Waals surface area contributed by atoms with Crippen LogP contribution >= 0.6 is 0 Å². The monoisotopic (exact) mass is 405 g/mol. The smallest absolute Gasteiger partial charge is 0.249 e. The van der Waals surface area contributed by atoms with Gasteiger partial charge in [0.15, 0.2) is 5.78 Å². The fourth-order valence-electron chi connectivity index (χ4n) is 3.07. The molecule has 3 rings (SSSR count). The van der Waals surface area contributed by atoms with Crippen molar-refractivity contribution in [3.8, 4) is 22.6 Å². The van der Waals surface area contributed by atoms with Gasteiger partial charge in [0.25, 0.3) is 0 Å². The maximum atomic E-state index is 12.5. The highest BCUT2D eigenvalue weighted by atomic mass is 16.5. The Morgan fingerprint density at radius 3 is 1.93 bits per heavy atom. The van der Waals surface area contributed by atoms with E-state index in [9.17, 15) is 14.7 Å². The number of hydrogen-bond acceptors (Lipinski definition) is 5. The number of aliphatic hydroxyl groups is 1. The zero-order valence-electron chi connectivity index (χ0n) is 16.5. The zero-order valence-corrected chi connectivity index (χ0v) is 16.5. The quantitative estimate of drug-likeness (QED) is 0.296. The Morgan fingerprint density at radius 2 is 1.40 bits per heavy atom. The van der Waals surface area contributed by atoms with Crippen LogP contribution in [0.5, 0.6) is 11.5 Å². The summed E-state index contributed by atoms with van der Waals surface area (Å²) < 4.78 is 5.79. The number of carbonyl (C=O) groups is 2. The van der Waals surface area contributed by atoms with Gasteiger partial charge in [-0.2, -0.15) is 0 Å². The molecular formula is C24H23NO5. The third kappa shape index (κ3) is 5.31. The van der Waals surface area contributed by atoms with Gasteiger partial charge in [-0.15, -0.1) is 0 Å². The molecule has 3 N–H and O–H groups in total. The van der Waals surface area contributed by atoms with Crippen molar-refractivity contribution in [2.24, 2.45) is 5.92 Å². The van der Waals surface area contributed by atoms with Crippen molar-refractivity contribution in [1.82, 2.24) is 5.48 Å². The number of Topliss-reactive ketones (excluding diaryl/α,β-unsaturated/α-hetero) is 1. The molecule has 0 aliphatic heterocycles. The van der Waals surface area contributed by atoms with E-state index >= 15 is 0 Å². The number of hydrogen-bond donors (Lipinski definition) is 3. The Bertz CT molecular complexity index is 982. The summed E-state index contributed by atoms with van der Waals surface area (Å²) in [7, 11) is 0. The molecule has 0 unspecified atom stereocenters. The SMILES string of the molecule is C[C@@H](O)[C@H](CC(=O)c1ccc(-c2ccc(Oc3ccccc3)cc2)cc1)C(=O)NO. The molecule has 0 fully saturated rings. The van der Waals surface area contributed by atoms with Crippen LogP contribution in [-0.4, -0.2) is 28.1 Å². The predicted octanol–water partition coefficient (Wildman–Crippen LogP) is 4.22. The lowest BCUT2D eigenvalue weighted by molar-refractivity contribution is -0.136. The number of nitrogens with one attached hydrogen (secondary N) is 1. The van der Waals surface area contributed by atoms with Crippen LogP contribution < -0.4 is 10.2 Å². The van der Waals surface area contributed by atoms with Crippen LogP contribution in [-0.2, 0) is 4.79 Å². The van der Waals surface area contributed by atoms with E-state index in [1.54, 1.807) is 12.1 Å². The Labute approximate surface area is 174 Å². The number of aliphatic hydroxyl groups excluding tert-OH is 1. The third-order valence-electron chi connectivity index (χ3n) is 4.81. The van der Waals surface area contributed by atoms with Gasteiger partial charge in [0.05, 0.1) is 12.0 Å². The van der Waals surface area contributed by atoms with Crippen LogP contribution in [0.4, 0.5) is 0 Å². The number of rotatable bonds is 8. The summed E-state index contributed by atoms with van der Waals surface area (Å²) in [4.78, 5) is 24.1. The van der Waals surface area contributed by atoms with E-state index in [1.807, 2.05) is 66.7 Å². The number of benzene rings is 3. The van der Waals surface area contributed by atoms with Gasteiger partial charge in [0, 0.05) is 12.0 Å². The van der Waals surface area contributed by atoms with Crippen molar-refractivity contribution in [3.63, 3.8) is 0 Å². The number of carbonyl (C=O) groups excluding carboxylic acids is 2. The van der Waals surface area contributed by atoms with Crippen LogP contribution in [0.15, 0.2) is 78.9 Å². The molecule has 1 amide bonds. The highest BCUT2D eigenvalue weighted by Gasteiger charge is 2.26. The van der Waals surface area contributed by atoms with Gasteiger partial charge in [-0.3, -0.25) is 14.8 Å². The second kappa shape index (κ2) is 9.82. The number of ether oxygens (including phenoxy) is 1. The first-order valence-corrected chi connectivity index (χ1v) is 9.56. The van der Waals surface area contributed by atoms with Gasteiger partial charge >= 0.3 is 0 Å². The van der Waals surface area contributed by atoms with Crippen LogP contribution in [0.3, 0.4) is 0 Å². The standard InChI is InChI=1S/C24H23NO5/c1-16(26)22(24(28)25-29)15-23(27)19-9-7-17(8-10-19)18-11-13-21(14-12-18)30-20-5-3-2-4-6-20/h2-14,16,22,26,29H,15H2,1H3,(H,25,28)/t16-,22+/m1/s1. The molecule has 2 atom stereocenters. The molecule has 0 heterocycles. The second-order valence-corrected chi connectivity index (χ2v) is 6.97. The Balaban J connectivity index is 1.67. The summed E-state index contributed by atoms with van der Waals surface area (Å²) in [6, 6.07) is 24.1. The molecule has 0 radical (unpaired) electrons. The Hall–Kier alpha value is -3.48. The fraction of sp³-hybridized carbons (Fsp3) is 0.167. The summed E-state index contributed by atoms with van der Waals surface area (Å²) in [5.74, 6) is -0.601. The summed E-state index contributed by atoms with van der Waals surface area (Å²) in [5.41, 5.74) is 3.82. The van der Waals surface area contributed by atoms with Gasteiger partial charge < -0.3 is 9.84 Å².